The maximum atomic E-state index is 12.9. The second-order valence-electron chi connectivity index (χ2n) is 5.39. The molecule has 2 aromatic rings. The average Bonchev–Trinajstić information content (AvgIpc) is 2.60. The molecule has 0 saturated carbocycles. The molecule has 23 heavy (non-hydrogen) atoms. The minimum absolute atomic E-state index is 0.0874. The second-order valence-corrected chi connectivity index (χ2v) is 5.39. The zero-order valence-corrected chi connectivity index (χ0v) is 12.7. The molecule has 1 N–H and O–H groups in total. The Morgan fingerprint density at radius 2 is 1.48 bits per heavy atom. The summed E-state index contributed by atoms with van der Waals surface area (Å²) in [5, 5.41) is 3.05. The summed E-state index contributed by atoms with van der Waals surface area (Å²) in [6.45, 7) is 4.10. The normalized spacial score (nSPS) is 13.7. The lowest BCUT2D eigenvalue weighted by atomic mass is 9.84. The van der Waals surface area contributed by atoms with Crippen LogP contribution in [0.25, 0.3) is 0 Å². The number of nitrogens with one attached hydrogen (secondary N) is 1. The third kappa shape index (κ3) is 2.86. The Bertz CT molecular complexity index is 803. The van der Waals surface area contributed by atoms with E-state index in [0.29, 0.717) is 35.4 Å². The van der Waals surface area contributed by atoms with Crippen LogP contribution in [0.2, 0.25) is 0 Å². The van der Waals surface area contributed by atoms with Crippen LogP contribution < -0.4 is 5.32 Å². The number of allylic oxidation sites excluding steroid dienone is 2. The highest BCUT2D eigenvalue weighted by atomic mass is 16.1. The molecule has 0 saturated heterocycles. The van der Waals surface area contributed by atoms with Crippen molar-refractivity contribution in [2.24, 2.45) is 0 Å². The molecule has 0 heterocycles. The number of Topliss-reactive ketones (excluding diaryl/α,β-unsaturated/α-hetero) is 2. The smallest absolute Gasteiger partial charge is 0.210 e. The van der Waals surface area contributed by atoms with Gasteiger partial charge in [-0.2, -0.15) is 0 Å². The third-order valence-corrected chi connectivity index (χ3v) is 3.87. The van der Waals surface area contributed by atoms with Crippen LogP contribution in [0.15, 0.2) is 78.5 Å². The topological polar surface area (TPSA) is 46.2 Å². The highest BCUT2D eigenvalue weighted by Gasteiger charge is 2.31. The molecule has 0 radical (unpaired) electrons. The molecule has 0 unspecified atom stereocenters. The lowest BCUT2D eigenvalue weighted by Crippen LogP contribution is -2.31. The molecule has 3 heteroatoms. The predicted octanol–water partition coefficient (Wildman–Crippen LogP) is 3.34. The van der Waals surface area contributed by atoms with Crippen LogP contribution >= 0.6 is 0 Å². The molecule has 114 valence electrons. The summed E-state index contributed by atoms with van der Waals surface area (Å²) < 4.78 is 0. The van der Waals surface area contributed by atoms with Crippen molar-refractivity contribution in [1.29, 1.82) is 0 Å². The quantitative estimate of drug-likeness (QED) is 0.862. The third-order valence-electron chi connectivity index (χ3n) is 3.87. The number of hydrogen-bond acceptors (Lipinski definition) is 3. The maximum Gasteiger partial charge on any atom is 0.210 e. The second kappa shape index (κ2) is 6.44. The number of hydrogen-bond donors (Lipinski definition) is 1. The van der Waals surface area contributed by atoms with Crippen molar-refractivity contribution in [3.05, 3.63) is 95.2 Å². The van der Waals surface area contributed by atoms with Gasteiger partial charge in [-0.3, -0.25) is 9.59 Å². The van der Waals surface area contributed by atoms with Gasteiger partial charge in [0.15, 0.2) is 5.78 Å². The Hall–Kier alpha value is -2.94. The van der Waals surface area contributed by atoms with Crippen LogP contribution in [-0.2, 0) is 6.42 Å². The van der Waals surface area contributed by atoms with Crippen LogP contribution in [0.4, 0.5) is 0 Å². The van der Waals surface area contributed by atoms with Crippen molar-refractivity contribution in [1.82, 2.24) is 5.32 Å². The number of fused-ring (bicyclic) bond motifs is 1. The summed E-state index contributed by atoms with van der Waals surface area (Å²) in [7, 11) is 0. The van der Waals surface area contributed by atoms with E-state index < -0.39 is 0 Å². The Kier molecular flexibility index (Phi) is 4.20. The molecular weight excluding hydrogens is 286 g/mol. The Balaban J connectivity index is 2.07. The first-order chi connectivity index (χ1) is 11.2. The standard InChI is InChI=1S/C20H17NO2/c1-2-12-21-18-17(13-14-8-4-3-5-9-14)19(22)15-10-6-7-11-16(15)20(18)23/h2-11,21H,1,12-13H2. The maximum absolute atomic E-state index is 12.9. The van der Waals surface area contributed by atoms with Crippen LogP contribution in [0.1, 0.15) is 26.3 Å². The van der Waals surface area contributed by atoms with E-state index in [9.17, 15) is 9.59 Å². The molecule has 0 fully saturated rings. The van der Waals surface area contributed by atoms with Gasteiger partial charge in [0, 0.05) is 29.7 Å². The fraction of sp³-hybridized carbons (Fsp3) is 0.100. The molecule has 0 aromatic heterocycles. The highest BCUT2D eigenvalue weighted by Crippen LogP contribution is 2.27. The van der Waals surface area contributed by atoms with Crippen molar-refractivity contribution < 1.29 is 9.59 Å². The van der Waals surface area contributed by atoms with Gasteiger partial charge in [0.1, 0.15) is 0 Å². The van der Waals surface area contributed by atoms with Gasteiger partial charge in [-0.25, -0.2) is 0 Å². The molecule has 0 aliphatic heterocycles. The first-order valence-corrected chi connectivity index (χ1v) is 7.52. The van der Waals surface area contributed by atoms with Crippen molar-refractivity contribution in [2.75, 3.05) is 6.54 Å². The van der Waals surface area contributed by atoms with Crippen LogP contribution in [0, 0.1) is 0 Å². The van der Waals surface area contributed by atoms with Gasteiger partial charge in [-0.05, 0) is 5.56 Å². The monoisotopic (exact) mass is 303 g/mol. The Labute approximate surface area is 135 Å². The minimum Gasteiger partial charge on any atom is -0.378 e. The Morgan fingerprint density at radius 3 is 2.13 bits per heavy atom. The van der Waals surface area contributed by atoms with Crippen molar-refractivity contribution in [3.8, 4) is 0 Å². The van der Waals surface area contributed by atoms with Crippen LogP contribution in [0.3, 0.4) is 0 Å². The van der Waals surface area contributed by atoms with Gasteiger partial charge in [0.25, 0.3) is 0 Å². The molecular formula is C20H17NO2. The molecule has 1 aliphatic rings. The van der Waals surface area contributed by atoms with E-state index in [-0.39, 0.29) is 11.6 Å². The summed E-state index contributed by atoms with van der Waals surface area (Å²) in [6.07, 6.45) is 2.10. The zero-order chi connectivity index (χ0) is 16.2. The van der Waals surface area contributed by atoms with Gasteiger partial charge >= 0.3 is 0 Å². The molecule has 3 nitrogen and oxygen atoms in total. The number of ketones is 2. The van der Waals surface area contributed by atoms with Gasteiger partial charge < -0.3 is 5.32 Å². The van der Waals surface area contributed by atoms with Gasteiger partial charge in [0.2, 0.25) is 5.78 Å². The van der Waals surface area contributed by atoms with E-state index in [1.165, 1.54) is 0 Å². The lowest BCUT2D eigenvalue weighted by molar-refractivity contribution is 0.0967. The van der Waals surface area contributed by atoms with E-state index in [4.69, 9.17) is 0 Å². The number of carbonyl (C=O) groups is 2. The molecule has 3 rings (SSSR count). The van der Waals surface area contributed by atoms with E-state index >= 15 is 0 Å². The molecule has 0 amide bonds. The van der Waals surface area contributed by atoms with E-state index in [2.05, 4.69) is 11.9 Å². The predicted molar refractivity (Wildman–Crippen MR) is 90.5 cm³/mol. The fourth-order valence-corrected chi connectivity index (χ4v) is 2.76. The molecule has 2 aromatic carbocycles. The number of rotatable bonds is 5. The SMILES string of the molecule is C=CCNC1=C(Cc2ccccc2)C(=O)c2ccccc2C1=O. The van der Waals surface area contributed by atoms with Crippen LogP contribution in [0.5, 0.6) is 0 Å². The van der Waals surface area contributed by atoms with E-state index in [1.54, 1.807) is 30.3 Å². The first kappa shape index (κ1) is 15.0. The van der Waals surface area contributed by atoms with Gasteiger partial charge in [-0.15, -0.1) is 6.58 Å². The van der Waals surface area contributed by atoms with Crippen molar-refractivity contribution in [3.63, 3.8) is 0 Å². The summed E-state index contributed by atoms with van der Waals surface area (Å²) in [5.41, 5.74) is 2.84. The summed E-state index contributed by atoms with van der Waals surface area (Å²) in [6, 6.07) is 16.7. The summed E-state index contributed by atoms with van der Waals surface area (Å²) in [5.74, 6) is -0.219. The van der Waals surface area contributed by atoms with Gasteiger partial charge in [0.05, 0.1) is 5.70 Å². The summed E-state index contributed by atoms with van der Waals surface area (Å²) >= 11 is 0. The Morgan fingerprint density at radius 1 is 0.870 bits per heavy atom. The van der Waals surface area contributed by atoms with Gasteiger partial charge in [-0.1, -0.05) is 60.7 Å². The zero-order valence-electron chi connectivity index (χ0n) is 12.7. The van der Waals surface area contributed by atoms with Crippen LogP contribution in [-0.4, -0.2) is 18.1 Å². The number of benzene rings is 2. The molecule has 1 aliphatic carbocycles. The fourth-order valence-electron chi connectivity index (χ4n) is 2.76. The van der Waals surface area contributed by atoms with Crippen molar-refractivity contribution >= 4 is 11.6 Å². The van der Waals surface area contributed by atoms with E-state index in [0.717, 1.165) is 5.56 Å². The summed E-state index contributed by atoms with van der Waals surface area (Å²) in [4.78, 5) is 25.6. The molecule has 0 atom stereocenters. The largest absolute Gasteiger partial charge is 0.378 e. The number of carbonyl (C=O) groups excluding carboxylic acids is 2. The lowest BCUT2D eigenvalue weighted by Gasteiger charge is -2.21. The molecule has 0 spiro atoms. The van der Waals surface area contributed by atoms with E-state index in [1.807, 2.05) is 30.3 Å². The average molecular weight is 303 g/mol. The molecule has 0 bridgehead atoms. The van der Waals surface area contributed by atoms with Crippen molar-refractivity contribution in [2.45, 2.75) is 6.42 Å². The minimum atomic E-state index is -0.131. The first-order valence-electron chi connectivity index (χ1n) is 7.52. The highest BCUT2D eigenvalue weighted by molar-refractivity contribution is 6.26.